The number of thiazole rings is 1. The third-order valence-electron chi connectivity index (χ3n) is 1.75. The Morgan fingerprint density at radius 2 is 2.58 bits per heavy atom. The third-order valence-corrected chi connectivity index (χ3v) is 2.78. The second kappa shape index (κ2) is 2.71. The number of hydrogen-bond donors (Lipinski definition) is 0. The van der Waals surface area contributed by atoms with E-state index in [0.717, 1.165) is 10.0 Å². The standard InChI is InChI=1S/C8H8N2OS/c1-2-6-7-9-4-3-5-10(7)8(11)12-6/h2-4H,5H2,1H3/b6-2-. The predicted molar refractivity (Wildman–Crippen MR) is 48.6 cm³/mol. The summed E-state index contributed by atoms with van der Waals surface area (Å²) in [5.41, 5.74) is 0.801. The van der Waals surface area contributed by atoms with Crippen LogP contribution in [-0.2, 0) is 6.54 Å². The minimum absolute atomic E-state index is 0.0752. The number of fused-ring (bicyclic) bond motifs is 1. The van der Waals surface area contributed by atoms with E-state index in [1.165, 1.54) is 11.3 Å². The van der Waals surface area contributed by atoms with Gasteiger partial charge in [-0.25, -0.2) is 4.99 Å². The Labute approximate surface area is 73.0 Å². The van der Waals surface area contributed by atoms with E-state index in [4.69, 9.17) is 0 Å². The molecule has 0 aliphatic carbocycles. The van der Waals surface area contributed by atoms with Crippen molar-refractivity contribution < 1.29 is 0 Å². The molecule has 0 fully saturated rings. The van der Waals surface area contributed by atoms with Crippen LogP contribution in [0.2, 0.25) is 0 Å². The maximum atomic E-state index is 11.3. The van der Waals surface area contributed by atoms with Gasteiger partial charge in [0.05, 0.1) is 4.53 Å². The Balaban J connectivity index is 2.98. The van der Waals surface area contributed by atoms with E-state index >= 15 is 0 Å². The highest BCUT2D eigenvalue weighted by atomic mass is 32.1. The van der Waals surface area contributed by atoms with Gasteiger partial charge >= 0.3 is 4.87 Å². The highest BCUT2D eigenvalue weighted by Gasteiger charge is 2.03. The van der Waals surface area contributed by atoms with Gasteiger partial charge in [0.2, 0.25) is 0 Å². The summed E-state index contributed by atoms with van der Waals surface area (Å²) in [6.07, 6.45) is 5.54. The normalized spacial score (nSPS) is 15.9. The molecular weight excluding hydrogens is 172 g/mol. The van der Waals surface area contributed by atoms with Crippen LogP contribution in [0.15, 0.2) is 22.1 Å². The van der Waals surface area contributed by atoms with Crippen LogP contribution in [0.4, 0.5) is 0 Å². The van der Waals surface area contributed by atoms with Crippen molar-refractivity contribution in [1.82, 2.24) is 4.57 Å². The monoisotopic (exact) mass is 180 g/mol. The summed E-state index contributed by atoms with van der Waals surface area (Å²) in [6, 6.07) is 0. The number of aromatic nitrogens is 1. The van der Waals surface area contributed by atoms with Crippen molar-refractivity contribution in [3.63, 3.8) is 0 Å². The third kappa shape index (κ3) is 0.956. The Morgan fingerprint density at radius 1 is 1.75 bits per heavy atom. The largest absolute Gasteiger partial charge is 0.309 e. The summed E-state index contributed by atoms with van der Waals surface area (Å²) in [6.45, 7) is 2.57. The van der Waals surface area contributed by atoms with Crippen molar-refractivity contribution in [2.45, 2.75) is 13.5 Å². The first-order valence-electron chi connectivity index (χ1n) is 3.72. The first kappa shape index (κ1) is 7.49. The summed E-state index contributed by atoms with van der Waals surface area (Å²) in [4.78, 5) is 15.5. The highest BCUT2D eigenvalue weighted by molar-refractivity contribution is 7.07. The fourth-order valence-electron chi connectivity index (χ4n) is 1.17. The molecule has 0 atom stereocenters. The Bertz CT molecular complexity index is 492. The quantitative estimate of drug-likeness (QED) is 0.547. The smallest absolute Gasteiger partial charge is 0.279 e. The summed E-state index contributed by atoms with van der Waals surface area (Å²) >= 11 is 1.25. The molecule has 1 aliphatic heterocycles. The lowest BCUT2D eigenvalue weighted by molar-refractivity contribution is 0.735. The lowest BCUT2D eigenvalue weighted by Crippen LogP contribution is -2.33. The van der Waals surface area contributed by atoms with E-state index in [1.54, 1.807) is 10.8 Å². The second-order valence-corrected chi connectivity index (χ2v) is 3.46. The molecule has 2 heterocycles. The number of rotatable bonds is 0. The van der Waals surface area contributed by atoms with Crippen LogP contribution in [0, 0.1) is 0 Å². The molecule has 12 heavy (non-hydrogen) atoms. The molecule has 0 N–H and O–H groups in total. The zero-order valence-electron chi connectivity index (χ0n) is 6.65. The van der Waals surface area contributed by atoms with E-state index in [9.17, 15) is 4.79 Å². The number of hydrogen-bond acceptors (Lipinski definition) is 3. The zero-order chi connectivity index (χ0) is 8.55. The van der Waals surface area contributed by atoms with Crippen LogP contribution >= 0.6 is 11.3 Å². The molecule has 0 unspecified atom stereocenters. The molecule has 1 aliphatic rings. The van der Waals surface area contributed by atoms with Crippen LogP contribution in [-0.4, -0.2) is 4.57 Å². The van der Waals surface area contributed by atoms with Crippen molar-refractivity contribution in [2.24, 2.45) is 4.99 Å². The van der Waals surface area contributed by atoms with Crippen molar-refractivity contribution in [3.05, 3.63) is 32.0 Å². The van der Waals surface area contributed by atoms with Gasteiger partial charge in [-0.15, -0.1) is 0 Å². The lowest BCUT2D eigenvalue weighted by atomic mass is 10.5. The molecular formula is C8H8N2OS. The van der Waals surface area contributed by atoms with Crippen LogP contribution in [0.5, 0.6) is 0 Å². The molecule has 0 spiro atoms. The number of nitrogens with zero attached hydrogens (tertiary/aromatic N) is 2. The molecule has 62 valence electrons. The maximum Gasteiger partial charge on any atom is 0.309 e. The Morgan fingerprint density at radius 3 is 3.33 bits per heavy atom. The molecule has 0 saturated heterocycles. The zero-order valence-corrected chi connectivity index (χ0v) is 7.47. The van der Waals surface area contributed by atoms with Crippen molar-refractivity contribution >= 4 is 17.4 Å². The fraction of sp³-hybridized carbons (Fsp3) is 0.250. The maximum absolute atomic E-state index is 11.3. The minimum Gasteiger partial charge on any atom is -0.279 e. The van der Waals surface area contributed by atoms with E-state index in [0.29, 0.717) is 6.54 Å². The van der Waals surface area contributed by atoms with Crippen LogP contribution in [0.1, 0.15) is 6.92 Å². The molecule has 0 aromatic carbocycles. The van der Waals surface area contributed by atoms with Gasteiger partial charge < -0.3 is 0 Å². The molecule has 0 saturated carbocycles. The van der Waals surface area contributed by atoms with E-state index in [-0.39, 0.29) is 4.87 Å². The summed E-state index contributed by atoms with van der Waals surface area (Å²) in [5, 5.41) is 0. The van der Waals surface area contributed by atoms with Crippen LogP contribution < -0.4 is 14.9 Å². The fourth-order valence-corrected chi connectivity index (χ4v) is 2.00. The topological polar surface area (TPSA) is 34.4 Å². The van der Waals surface area contributed by atoms with E-state index in [2.05, 4.69) is 4.99 Å². The molecule has 1 aromatic rings. The van der Waals surface area contributed by atoms with Crippen molar-refractivity contribution in [2.75, 3.05) is 0 Å². The molecule has 4 heteroatoms. The van der Waals surface area contributed by atoms with Gasteiger partial charge in [0.1, 0.15) is 0 Å². The first-order chi connectivity index (χ1) is 5.83. The summed E-state index contributed by atoms with van der Waals surface area (Å²) in [5.74, 6) is 0. The molecule has 1 aromatic heterocycles. The molecule has 3 nitrogen and oxygen atoms in total. The molecule has 0 amide bonds. The molecule has 0 radical (unpaired) electrons. The summed E-state index contributed by atoms with van der Waals surface area (Å²) in [7, 11) is 0. The Kier molecular flexibility index (Phi) is 1.69. The van der Waals surface area contributed by atoms with Gasteiger partial charge in [-0.05, 0) is 13.0 Å². The average Bonchev–Trinajstić information content (AvgIpc) is 2.44. The molecule has 0 bridgehead atoms. The minimum atomic E-state index is 0.0752. The first-order valence-corrected chi connectivity index (χ1v) is 4.53. The van der Waals surface area contributed by atoms with Crippen LogP contribution in [0.3, 0.4) is 0 Å². The second-order valence-electron chi connectivity index (χ2n) is 2.47. The van der Waals surface area contributed by atoms with Gasteiger partial charge in [0, 0.05) is 12.7 Å². The van der Waals surface area contributed by atoms with Crippen molar-refractivity contribution in [3.8, 4) is 0 Å². The highest BCUT2D eigenvalue weighted by Crippen LogP contribution is 1.85. The van der Waals surface area contributed by atoms with Crippen LogP contribution in [0.25, 0.3) is 6.08 Å². The van der Waals surface area contributed by atoms with Gasteiger partial charge in [-0.2, -0.15) is 0 Å². The van der Waals surface area contributed by atoms with E-state index < -0.39 is 0 Å². The van der Waals surface area contributed by atoms with Gasteiger partial charge in [0.25, 0.3) is 0 Å². The van der Waals surface area contributed by atoms with Gasteiger partial charge in [-0.1, -0.05) is 17.4 Å². The predicted octanol–water partition coefficient (Wildman–Crippen LogP) is -0.143. The molecule has 2 rings (SSSR count). The van der Waals surface area contributed by atoms with Crippen molar-refractivity contribution in [1.29, 1.82) is 0 Å². The number of allylic oxidation sites excluding steroid dienone is 1. The average molecular weight is 180 g/mol. The summed E-state index contributed by atoms with van der Waals surface area (Å²) < 4.78 is 2.64. The lowest BCUT2D eigenvalue weighted by Gasteiger charge is -1.97. The van der Waals surface area contributed by atoms with Gasteiger partial charge in [0.15, 0.2) is 5.49 Å². The SMILES string of the molecule is C/C=c1\sc(=O)n2c1=NC=CC2. The van der Waals surface area contributed by atoms with Gasteiger partial charge in [-0.3, -0.25) is 9.36 Å². The Hall–Kier alpha value is -1.16. The van der Waals surface area contributed by atoms with E-state index in [1.807, 2.05) is 19.1 Å².